The number of piperidine rings is 1. The molecule has 0 saturated carbocycles. The van der Waals surface area contributed by atoms with Crippen LogP contribution >= 0.6 is 11.3 Å². The van der Waals surface area contributed by atoms with Crippen LogP contribution in [0.5, 0.6) is 0 Å². The Morgan fingerprint density at radius 3 is 3.14 bits per heavy atom. The maximum atomic E-state index is 4.69. The van der Waals surface area contributed by atoms with Gasteiger partial charge in [0.1, 0.15) is 0 Å². The molecule has 0 aliphatic carbocycles. The first kappa shape index (κ1) is 15.3. The summed E-state index contributed by atoms with van der Waals surface area (Å²) in [6, 6.07) is 1.34. The van der Waals surface area contributed by atoms with Gasteiger partial charge < -0.3 is 10.2 Å². The van der Waals surface area contributed by atoms with Gasteiger partial charge in [-0.05, 0) is 39.3 Å². The van der Waals surface area contributed by atoms with Gasteiger partial charge in [0.05, 0.1) is 0 Å². The lowest BCUT2D eigenvalue weighted by atomic mass is 9.97. The second-order valence-electron chi connectivity index (χ2n) is 6.43. The quantitative estimate of drug-likeness (QED) is 0.848. The van der Waals surface area contributed by atoms with Crippen LogP contribution in [0.1, 0.15) is 44.4 Å². The van der Waals surface area contributed by atoms with Crippen molar-refractivity contribution in [1.82, 2.24) is 15.2 Å². The minimum Gasteiger partial charge on any atom is -0.343 e. The highest BCUT2D eigenvalue weighted by atomic mass is 32.1. The predicted molar refractivity (Wildman–Crippen MR) is 90.1 cm³/mol. The van der Waals surface area contributed by atoms with Crippen molar-refractivity contribution < 1.29 is 0 Å². The third-order valence-electron chi connectivity index (χ3n) is 4.70. The summed E-state index contributed by atoms with van der Waals surface area (Å²) in [7, 11) is 0. The van der Waals surface area contributed by atoms with E-state index in [1.165, 1.54) is 48.8 Å². The Kier molecular flexibility index (Phi) is 5.14. The zero-order valence-electron chi connectivity index (χ0n) is 13.3. The van der Waals surface area contributed by atoms with Gasteiger partial charge in [0.25, 0.3) is 0 Å². The van der Waals surface area contributed by atoms with E-state index < -0.39 is 0 Å². The van der Waals surface area contributed by atoms with E-state index in [-0.39, 0.29) is 0 Å². The summed E-state index contributed by atoms with van der Waals surface area (Å²) in [5, 5.41) is 4.69. The Bertz CT molecular complexity index is 447. The molecule has 3 rings (SSSR count). The van der Waals surface area contributed by atoms with E-state index >= 15 is 0 Å². The van der Waals surface area contributed by atoms with E-state index in [1.54, 1.807) is 0 Å². The molecule has 2 atom stereocenters. The monoisotopic (exact) mass is 308 g/mol. The van der Waals surface area contributed by atoms with Crippen LogP contribution in [0.4, 0.5) is 5.13 Å². The molecule has 2 unspecified atom stereocenters. The fourth-order valence-electron chi connectivity index (χ4n) is 3.52. The van der Waals surface area contributed by atoms with E-state index in [0.717, 1.165) is 25.7 Å². The Hall–Kier alpha value is -0.650. The standard InChI is InChI=1S/C16H28N4S/c1-3-7-17-9-15-10-18-16(21-15)20-12-14-6-4-5-8-19(14)11-13(20)2/h10,13-14,17H,3-9,11-12H2,1-2H3. The second-order valence-corrected chi connectivity index (χ2v) is 7.53. The molecular formula is C16H28N4S. The fourth-order valence-corrected chi connectivity index (χ4v) is 4.51. The van der Waals surface area contributed by atoms with Crippen molar-refractivity contribution in [2.75, 3.05) is 31.1 Å². The summed E-state index contributed by atoms with van der Waals surface area (Å²) in [6.45, 7) is 10.3. The summed E-state index contributed by atoms with van der Waals surface area (Å²) >= 11 is 1.87. The molecule has 4 nitrogen and oxygen atoms in total. The van der Waals surface area contributed by atoms with Crippen LogP contribution < -0.4 is 10.2 Å². The molecule has 2 saturated heterocycles. The molecule has 1 N–H and O–H groups in total. The van der Waals surface area contributed by atoms with Gasteiger partial charge in [0.15, 0.2) is 5.13 Å². The Morgan fingerprint density at radius 2 is 2.29 bits per heavy atom. The molecule has 1 aromatic rings. The molecule has 0 aromatic carbocycles. The SMILES string of the molecule is CCCNCc1cnc(N2CC3CCCCN3CC2C)s1. The van der Waals surface area contributed by atoms with Gasteiger partial charge in [0.2, 0.25) is 0 Å². The Labute approximate surface area is 132 Å². The van der Waals surface area contributed by atoms with Crippen LogP contribution in [-0.2, 0) is 6.54 Å². The average molecular weight is 308 g/mol. The van der Waals surface area contributed by atoms with Gasteiger partial charge in [-0.2, -0.15) is 0 Å². The minimum absolute atomic E-state index is 0.585. The van der Waals surface area contributed by atoms with Crippen LogP contribution in [0.15, 0.2) is 6.20 Å². The number of nitrogens with one attached hydrogen (secondary N) is 1. The van der Waals surface area contributed by atoms with Gasteiger partial charge in [-0.25, -0.2) is 4.98 Å². The summed E-state index contributed by atoms with van der Waals surface area (Å²) in [4.78, 5) is 11.3. The van der Waals surface area contributed by atoms with E-state index in [2.05, 4.69) is 35.2 Å². The van der Waals surface area contributed by atoms with Crippen LogP contribution in [0.25, 0.3) is 0 Å². The molecule has 2 aliphatic rings. The van der Waals surface area contributed by atoms with Gasteiger partial charge in [-0.3, -0.25) is 4.90 Å². The minimum atomic E-state index is 0.585. The van der Waals surface area contributed by atoms with E-state index in [4.69, 9.17) is 4.98 Å². The van der Waals surface area contributed by atoms with Crippen molar-refractivity contribution in [3.8, 4) is 0 Å². The smallest absolute Gasteiger partial charge is 0.185 e. The maximum absolute atomic E-state index is 4.69. The third kappa shape index (κ3) is 3.58. The van der Waals surface area contributed by atoms with Crippen molar-refractivity contribution in [1.29, 1.82) is 0 Å². The van der Waals surface area contributed by atoms with Crippen molar-refractivity contribution in [2.45, 2.75) is 58.2 Å². The molecule has 0 bridgehead atoms. The van der Waals surface area contributed by atoms with E-state index in [1.807, 2.05) is 11.3 Å². The molecule has 2 aliphatic heterocycles. The second kappa shape index (κ2) is 7.07. The van der Waals surface area contributed by atoms with Crippen LogP contribution in [0.2, 0.25) is 0 Å². The topological polar surface area (TPSA) is 31.4 Å². The number of hydrogen-bond acceptors (Lipinski definition) is 5. The zero-order chi connectivity index (χ0) is 14.7. The molecule has 5 heteroatoms. The Balaban J connectivity index is 1.62. The van der Waals surface area contributed by atoms with Gasteiger partial charge in [0, 0.05) is 42.8 Å². The molecule has 1 aromatic heterocycles. The number of nitrogens with zero attached hydrogens (tertiary/aromatic N) is 3. The maximum Gasteiger partial charge on any atom is 0.185 e. The molecular weight excluding hydrogens is 280 g/mol. The van der Waals surface area contributed by atoms with Gasteiger partial charge in [-0.1, -0.05) is 13.3 Å². The lowest BCUT2D eigenvalue weighted by Gasteiger charge is -2.47. The lowest BCUT2D eigenvalue weighted by molar-refractivity contribution is 0.115. The third-order valence-corrected chi connectivity index (χ3v) is 5.73. The molecule has 21 heavy (non-hydrogen) atoms. The van der Waals surface area contributed by atoms with Crippen molar-refractivity contribution >= 4 is 16.5 Å². The number of thiazole rings is 1. The zero-order valence-corrected chi connectivity index (χ0v) is 14.2. The first-order chi connectivity index (χ1) is 10.3. The summed E-state index contributed by atoms with van der Waals surface area (Å²) in [5.74, 6) is 0. The first-order valence-corrected chi connectivity index (χ1v) is 9.25. The number of rotatable bonds is 5. The largest absolute Gasteiger partial charge is 0.343 e. The van der Waals surface area contributed by atoms with E-state index in [0.29, 0.717) is 6.04 Å². The number of aromatic nitrogens is 1. The number of fused-ring (bicyclic) bond motifs is 1. The highest BCUT2D eigenvalue weighted by Crippen LogP contribution is 2.30. The molecule has 0 radical (unpaired) electrons. The highest BCUT2D eigenvalue weighted by molar-refractivity contribution is 7.15. The average Bonchev–Trinajstić information content (AvgIpc) is 2.95. The molecule has 118 valence electrons. The summed E-state index contributed by atoms with van der Waals surface area (Å²) in [5.41, 5.74) is 0. The van der Waals surface area contributed by atoms with Crippen LogP contribution in [0.3, 0.4) is 0 Å². The molecule has 0 spiro atoms. The van der Waals surface area contributed by atoms with Crippen LogP contribution in [-0.4, -0.2) is 48.1 Å². The fraction of sp³-hybridized carbons (Fsp3) is 0.812. The molecule has 3 heterocycles. The van der Waals surface area contributed by atoms with Crippen molar-refractivity contribution in [3.05, 3.63) is 11.1 Å². The number of anilines is 1. The van der Waals surface area contributed by atoms with Gasteiger partial charge in [-0.15, -0.1) is 11.3 Å². The summed E-state index contributed by atoms with van der Waals surface area (Å²) in [6.07, 6.45) is 7.38. The van der Waals surface area contributed by atoms with E-state index in [9.17, 15) is 0 Å². The predicted octanol–water partition coefficient (Wildman–Crippen LogP) is 2.71. The Morgan fingerprint density at radius 1 is 1.38 bits per heavy atom. The van der Waals surface area contributed by atoms with Crippen LogP contribution in [0, 0.1) is 0 Å². The van der Waals surface area contributed by atoms with Gasteiger partial charge >= 0.3 is 0 Å². The highest BCUT2D eigenvalue weighted by Gasteiger charge is 2.33. The molecule has 0 amide bonds. The lowest BCUT2D eigenvalue weighted by Crippen LogP contribution is -2.58. The molecule has 2 fully saturated rings. The number of hydrogen-bond donors (Lipinski definition) is 1. The van der Waals surface area contributed by atoms with Crippen molar-refractivity contribution in [3.63, 3.8) is 0 Å². The van der Waals surface area contributed by atoms with Crippen molar-refractivity contribution in [2.24, 2.45) is 0 Å². The number of piperazine rings is 1. The first-order valence-electron chi connectivity index (χ1n) is 8.44. The normalized spacial score (nSPS) is 26.9. The summed E-state index contributed by atoms with van der Waals surface area (Å²) < 4.78 is 0.